The van der Waals surface area contributed by atoms with Crippen molar-refractivity contribution in [2.45, 2.75) is 0 Å². The number of pyridine rings is 4. The summed E-state index contributed by atoms with van der Waals surface area (Å²) in [6, 6.07) is 34.8. The largest absolute Gasteiger partial charge is 0.254 e. The summed E-state index contributed by atoms with van der Waals surface area (Å²) < 4.78 is 64.3. The minimum Gasteiger partial charge on any atom is -0.254 e. The molecule has 5 aromatic carbocycles. The van der Waals surface area contributed by atoms with Crippen LogP contribution in [0.15, 0.2) is 140 Å². The molecule has 0 spiro atoms. The van der Waals surface area contributed by atoms with Crippen molar-refractivity contribution in [3.8, 4) is 56.7 Å². The van der Waals surface area contributed by atoms with Crippen molar-refractivity contribution in [2.75, 3.05) is 0 Å². The lowest BCUT2D eigenvalue weighted by molar-refractivity contribution is 0.589. The number of hydrogen-bond acceptors (Lipinski definition) is 7. The molecule has 0 saturated heterocycles. The van der Waals surface area contributed by atoms with Crippen LogP contribution in [0.25, 0.3) is 100 Å². The Morgan fingerprint density at radius 3 is 1.12 bits per heavy atom. The summed E-state index contributed by atoms with van der Waals surface area (Å²) in [7, 11) is 0. The van der Waals surface area contributed by atoms with Crippen LogP contribution in [-0.2, 0) is 0 Å². The zero-order chi connectivity index (χ0) is 37.9. The molecular formula is C45H23F4N7. The molecule has 0 amide bonds. The second-order valence-corrected chi connectivity index (χ2v) is 13.1. The minimum absolute atomic E-state index is 0.0174. The molecule has 10 aromatic rings. The van der Waals surface area contributed by atoms with Gasteiger partial charge in [0.05, 0.1) is 44.6 Å². The fraction of sp³-hybridized carbons (Fsp3) is 0. The SMILES string of the molecule is Fc1cc(-c2nc(-c3ccccc3)nc(-c3cc(F)c(-c4ccc5ccc6cccnc6c5n4)c(F)c3)n2)cc(F)c1-c1ccc2ccc3cccnc3c2n1. The van der Waals surface area contributed by atoms with Gasteiger partial charge in [-0.25, -0.2) is 42.5 Å². The van der Waals surface area contributed by atoms with Crippen LogP contribution in [0.5, 0.6) is 0 Å². The predicted molar refractivity (Wildman–Crippen MR) is 208 cm³/mol. The molecule has 0 bridgehead atoms. The summed E-state index contributed by atoms with van der Waals surface area (Å²) in [5, 5.41) is 3.21. The number of benzene rings is 5. The third-order valence-electron chi connectivity index (χ3n) is 9.64. The Morgan fingerprint density at radius 1 is 0.321 bits per heavy atom. The maximum Gasteiger partial charge on any atom is 0.164 e. The van der Waals surface area contributed by atoms with E-state index in [1.807, 2.05) is 36.4 Å². The fourth-order valence-electron chi connectivity index (χ4n) is 6.97. The Balaban J connectivity index is 1.08. The Hall–Kier alpha value is -7.53. The van der Waals surface area contributed by atoms with E-state index < -0.39 is 23.3 Å². The van der Waals surface area contributed by atoms with Crippen LogP contribution in [0.3, 0.4) is 0 Å². The molecule has 266 valence electrons. The first kappa shape index (κ1) is 33.1. The molecule has 0 fully saturated rings. The highest BCUT2D eigenvalue weighted by molar-refractivity contribution is 6.04. The minimum atomic E-state index is -0.907. The third kappa shape index (κ3) is 5.64. The van der Waals surface area contributed by atoms with Gasteiger partial charge in [0.25, 0.3) is 0 Å². The van der Waals surface area contributed by atoms with Crippen LogP contribution >= 0.6 is 0 Å². The second kappa shape index (κ2) is 13.1. The molecule has 7 nitrogen and oxygen atoms in total. The van der Waals surface area contributed by atoms with E-state index in [1.54, 1.807) is 79.1 Å². The Kier molecular flexibility index (Phi) is 7.73. The van der Waals surface area contributed by atoms with Crippen molar-refractivity contribution in [1.82, 2.24) is 34.9 Å². The topological polar surface area (TPSA) is 90.2 Å². The standard InChI is InChI=1S/C45H23F4N7/c46-31-20-29(21-32(47)37(31)35-16-14-26-12-10-24-8-4-18-50-39(24)41(26)52-35)44-54-43(28-6-2-1-3-7-28)55-45(56-44)30-22-33(48)38(34(49)23-30)36-17-15-27-13-11-25-9-5-19-51-40(25)42(27)53-36/h1-23H. The van der Waals surface area contributed by atoms with Gasteiger partial charge >= 0.3 is 0 Å². The van der Waals surface area contributed by atoms with Crippen molar-refractivity contribution < 1.29 is 17.6 Å². The molecule has 11 heteroatoms. The van der Waals surface area contributed by atoms with Gasteiger partial charge in [0.15, 0.2) is 17.5 Å². The number of nitrogens with zero attached hydrogens (tertiary/aromatic N) is 7. The number of fused-ring (bicyclic) bond motifs is 6. The molecule has 0 aliphatic carbocycles. The molecular weight excluding hydrogens is 715 g/mol. The van der Waals surface area contributed by atoms with Crippen LogP contribution in [0.2, 0.25) is 0 Å². The van der Waals surface area contributed by atoms with Gasteiger partial charge in [0, 0.05) is 50.6 Å². The van der Waals surface area contributed by atoms with E-state index in [2.05, 4.69) is 34.9 Å². The van der Waals surface area contributed by atoms with Crippen LogP contribution in [0, 0.1) is 23.3 Å². The molecule has 0 aliphatic rings. The van der Waals surface area contributed by atoms with E-state index in [0.717, 1.165) is 45.8 Å². The maximum absolute atomic E-state index is 16.1. The number of hydrogen-bond donors (Lipinski definition) is 0. The Labute approximate surface area is 315 Å². The zero-order valence-corrected chi connectivity index (χ0v) is 28.9. The van der Waals surface area contributed by atoms with Gasteiger partial charge in [-0.15, -0.1) is 0 Å². The smallest absolute Gasteiger partial charge is 0.164 e. The third-order valence-corrected chi connectivity index (χ3v) is 9.64. The van der Waals surface area contributed by atoms with Crippen LogP contribution in [-0.4, -0.2) is 34.9 Å². The van der Waals surface area contributed by atoms with E-state index in [0.29, 0.717) is 27.6 Å². The highest BCUT2D eigenvalue weighted by Gasteiger charge is 2.22. The van der Waals surface area contributed by atoms with Gasteiger partial charge in [-0.1, -0.05) is 78.9 Å². The lowest BCUT2D eigenvalue weighted by atomic mass is 10.0. The van der Waals surface area contributed by atoms with Crippen molar-refractivity contribution in [3.63, 3.8) is 0 Å². The fourth-order valence-corrected chi connectivity index (χ4v) is 6.97. The van der Waals surface area contributed by atoms with Crippen LogP contribution in [0.4, 0.5) is 17.6 Å². The van der Waals surface area contributed by atoms with Crippen molar-refractivity contribution in [1.29, 1.82) is 0 Å². The summed E-state index contributed by atoms with van der Waals surface area (Å²) in [5.41, 5.74) is 2.22. The number of rotatable bonds is 5. The number of halogens is 4. The maximum atomic E-state index is 16.1. The highest BCUT2D eigenvalue weighted by atomic mass is 19.1. The van der Waals surface area contributed by atoms with Crippen molar-refractivity contribution in [2.24, 2.45) is 0 Å². The predicted octanol–water partition coefficient (Wildman–Crippen LogP) is 11.0. The van der Waals surface area contributed by atoms with E-state index >= 15 is 17.6 Å². The Bertz CT molecular complexity index is 2970. The first-order chi connectivity index (χ1) is 27.4. The summed E-state index contributed by atoms with van der Waals surface area (Å²) in [5.74, 6) is -3.72. The molecule has 0 aliphatic heterocycles. The normalized spacial score (nSPS) is 11.6. The van der Waals surface area contributed by atoms with Gasteiger partial charge < -0.3 is 0 Å². The van der Waals surface area contributed by atoms with Crippen molar-refractivity contribution >= 4 is 43.6 Å². The van der Waals surface area contributed by atoms with Crippen LogP contribution in [0.1, 0.15) is 0 Å². The van der Waals surface area contributed by atoms with Crippen LogP contribution < -0.4 is 0 Å². The first-order valence-corrected chi connectivity index (χ1v) is 17.5. The summed E-state index contributed by atoms with van der Waals surface area (Å²) in [6.45, 7) is 0. The Morgan fingerprint density at radius 2 is 0.696 bits per heavy atom. The lowest BCUT2D eigenvalue weighted by Crippen LogP contribution is -2.03. The van der Waals surface area contributed by atoms with Gasteiger partial charge in [-0.2, -0.15) is 0 Å². The quantitative estimate of drug-likeness (QED) is 0.128. The summed E-state index contributed by atoms with van der Waals surface area (Å²) in [4.78, 5) is 31.7. The van der Waals surface area contributed by atoms with E-state index in [4.69, 9.17) is 0 Å². The summed E-state index contributed by atoms with van der Waals surface area (Å²) >= 11 is 0. The molecule has 10 rings (SSSR count). The van der Waals surface area contributed by atoms with Gasteiger partial charge in [-0.3, -0.25) is 9.97 Å². The highest BCUT2D eigenvalue weighted by Crippen LogP contribution is 2.35. The molecule has 0 N–H and O–H groups in total. The number of aromatic nitrogens is 7. The van der Waals surface area contributed by atoms with E-state index in [-0.39, 0.29) is 51.1 Å². The first-order valence-electron chi connectivity index (χ1n) is 17.5. The molecule has 0 unspecified atom stereocenters. The molecule has 0 saturated carbocycles. The van der Waals surface area contributed by atoms with Crippen molar-refractivity contribution in [3.05, 3.63) is 163 Å². The average Bonchev–Trinajstić information content (AvgIpc) is 3.23. The van der Waals surface area contributed by atoms with Gasteiger partial charge in [-0.05, 0) is 48.5 Å². The van der Waals surface area contributed by atoms with E-state index in [1.165, 1.54) is 0 Å². The zero-order valence-electron chi connectivity index (χ0n) is 28.9. The second-order valence-electron chi connectivity index (χ2n) is 13.1. The molecule has 5 aromatic heterocycles. The average molecular weight is 738 g/mol. The molecule has 5 heterocycles. The molecule has 56 heavy (non-hydrogen) atoms. The lowest BCUT2D eigenvalue weighted by Gasteiger charge is -2.12. The molecule has 0 radical (unpaired) electrons. The van der Waals surface area contributed by atoms with Gasteiger partial charge in [0.1, 0.15) is 23.3 Å². The monoisotopic (exact) mass is 737 g/mol. The van der Waals surface area contributed by atoms with E-state index in [9.17, 15) is 0 Å². The van der Waals surface area contributed by atoms with Gasteiger partial charge in [0.2, 0.25) is 0 Å². The molecule has 0 atom stereocenters. The summed E-state index contributed by atoms with van der Waals surface area (Å²) in [6.07, 6.45) is 3.27.